The van der Waals surface area contributed by atoms with Gasteiger partial charge in [0.25, 0.3) is 0 Å². The van der Waals surface area contributed by atoms with Crippen molar-refractivity contribution in [2.45, 2.75) is 325 Å². The van der Waals surface area contributed by atoms with Gasteiger partial charge in [0.05, 0.1) is 5.84 Å². The van der Waals surface area contributed by atoms with Gasteiger partial charge in [0.2, 0.25) is 29.5 Å². The van der Waals surface area contributed by atoms with Crippen molar-refractivity contribution in [3.63, 3.8) is 0 Å². The van der Waals surface area contributed by atoms with Crippen LogP contribution in [0.15, 0.2) is 156 Å². The first-order chi connectivity index (χ1) is 70.6. The summed E-state index contributed by atoms with van der Waals surface area (Å²) in [4.78, 5) is 176. The van der Waals surface area contributed by atoms with E-state index in [0.29, 0.717) is 159 Å². The number of amides is 5. The van der Waals surface area contributed by atoms with Gasteiger partial charge in [-0.15, -0.1) is 0 Å². The summed E-state index contributed by atoms with van der Waals surface area (Å²) in [7, 11) is 0. The fraction of sp³-hybridized carbons (Fsp3) is 0.492. The normalized spacial score (nSPS) is 14.8. The number of hydrogen-bond donors (Lipinski definition) is 6. The Bertz CT molecular complexity index is 5800. The van der Waals surface area contributed by atoms with E-state index in [1.807, 2.05) is 124 Å². The van der Waals surface area contributed by atoms with Crippen LogP contribution >= 0.6 is 0 Å². The molecule has 5 unspecified atom stereocenters. The summed E-state index contributed by atoms with van der Waals surface area (Å²) in [5.74, 6) is -0.466. The van der Waals surface area contributed by atoms with Gasteiger partial charge < -0.3 is 56.0 Å². The number of Topliss-reactive ketones (excluding diaryl/α,β-unsaturated/α-hetero) is 5. The molecule has 12 rings (SSSR count). The third kappa shape index (κ3) is 34.9. The zero-order valence-electron chi connectivity index (χ0n) is 88.1. The number of unbranched alkanes of at least 4 members (excludes halogenated alkanes) is 3. The topological polar surface area (TPSA) is 384 Å². The molecule has 26 heteroatoms. The van der Waals surface area contributed by atoms with E-state index < -0.39 is 0 Å². The van der Waals surface area contributed by atoms with Crippen LogP contribution in [0.3, 0.4) is 0 Å². The van der Waals surface area contributed by atoms with Crippen molar-refractivity contribution in [1.82, 2.24) is 16.0 Å². The number of benzene rings is 7. The van der Waals surface area contributed by atoms with E-state index in [2.05, 4.69) is 95.7 Å². The minimum absolute atomic E-state index is 0.00315. The molecule has 26 nitrogen and oxygen atoms in total. The maximum atomic E-state index is 13.1. The summed E-state index contributed by atoms with van der Waals surface area (Å²) in [6.45, 7) is 26.7. The van der Waals surface area contributed by atoms with Gasteiger partial charge in [-0.1, -0.05) is 212 Å². The quantitative estimate of drug-likeness (QED) is 0.00515. The molecular formula is C120H155N7O19. The van der Waals surface area contributed by atoms with E-state index >= 15 is 0 Å². The summed E-state index contributed by atoms with van der Waals surface area (Å²) in [5, 5.41) is 14.5. The predicted molar refractivity (Wildman–Crippen MR) is 573 cm³/mol. The number of anilines is 2. The molecule has 0 aliphatic heterocycles. The number of fused-ring (bicyclic) bond motifs is 12. The molecule has 784 valence electrons. The monoisotopic (exact) mass is 2000 g/mol. The number of amidine groups is 1. The molecule has 0 heterocycles. The van der Waals surface area contributed by atoms with Gasteiger partial charge in [-0.05, 0) is 214 Å². The Hall–Kier alpha value is -13.0. The zero-order chi connectivity index (χ0) is 106. The first-order valence-corrected chi connectivity index (χ1v) is 53.5. The van der Waals surface area contributed by atoms with Crippen LogP contribution in [0, 0.1) is 0 Å². The van der Waals surface area contributed by atoms with Gasteiger partial charge in [-0.25, -0.2) is 0 Å². The summed E-state index contributed by atoms with van der Waals surface area (Å²) in [5.41, 5.74) is 27.9. The summed E-state index contributed by atoms with van der Waals surface area (Å²) in [6, 6.07) is 41.8. The van der Waals surface area contributed by atoms with Gasteiger partial charge in [-0.2, -0.15) is 0 Å². The molecule has 146 heavy (non-hydrogen) atoms. The molecule has 5 aliphatic carbocycles. The molecule has 0 bridgehead atoms. The van der Waals surface area contributed by atoms with Gasteiger partial charge in [-0.3, -0.25) is 72.1 Å². The molecule has 7 aromatic carbocycles. The number of esters is 4. The largest absolute Gasteiger partial charge is 0.465 e. The van der Waals surface area contributed by atoms with Gasteiger partial charge in [0.1, 0.15) is 50.4 Å². The highest BCUT2D eigenvalue weighted by atomic mass is 16.5. The smallest absolute Gasteiger partial charge is 0.305 e. The second-order valence-electron chi connectivity index (χ2n) is 38.1. The molecule has 5 atom stereocenters. The summed E-state index contributed by atoms with van der Waals surface area (Å²) in [6.07, 6.45) is 24.1. The number of nitrogens with two attached hydrogens (primary N) is 1. The fourth-order valence-corrected chi connectivity index (χ4v) is 18.9. The van der Waals surface area contributed by atoms with Crippen molar-refractivity contribution in [3.8, 4) is 33.4 Å². The van der Waals surface area contributed by atoms with Crippen molar-refractivity contribution >= 4 is 99.5 Å². The number of hydrogen-bond acceptors (Lipinski definition) is 20. The van der Waals surface area contributed by atoms with Crippen molar-refractivity contribution in [3.05, 3.63) is 223 Å². The number of rotatable bonds is 57. The van der Waals surface area contributed by atoms with Crippen LogP contribution in [0.5, 0.6) is 0 Å². The maximum Gasteiger partial charge on any atom is 0.305 e. The summed E-state index contributed by atoms with van der Waals surface area (Å²) >= 11 is 0. The van der Waals surface area contributed by atoms with Crippen LogP contribution in [-0.4, -0.2) is 147 Å². The number of allylic oxidation sites excluding steroid dienone is 2. The molecule has 0 saturated carbocycles. The van der Waals surface area contributed by atoms with Crippen molar-refractivity contribution in [2.24, 2.45) is 10.7 Å². The van der Waals surface area contributed by atoms with E-state index in [0.717, 1.165) is 201 Å². The lowest BCUT2D eigenvalue weighted by Crippen LogP contribution is -2.26. The zero-order valence-corrected chi connectivity index (χ0v) is 88.1. The lowest BCUT2D eigenvalue weighted by molar-refractivity contribution is -0.144. The number of nitrogens with zero attached hydrogens (tertiary/aromatic N) is 1. The van der Waals surface area contributed by atoms with E-state index in [1.165, 1.54) is 0 Å². The molecule has 0 aromatic heterocycles. The fourth-order valence-electron chi connectivity index (χ4n) is 18.9. The molecule has 5 aliphatic rings. The number of carbonyl (C=O) groups is 14. The minimum Gasteiger partial charge on any atom is -0.465 e. The Morgan fingerprint density at radius 3 is 1.29 bits per heavy atom. The molecule has 7 N–H and O–H groups in total. The molecule has 7 aromatic rings. The predicted octanol–water partition coefficient (Wildman–Crippen LogP) is 22.5. The number of ketones is 5. The van der Waals surface area contributed by atoms with E-state index in [4.69, 9.17) is 29.4 Å². The molecule has 0 spiro atoms. The summed E-state index contributed by atoms with van der Waals surface area (Å²) < 4.78 is 27.5. The first kappa shape index (κ1) is 117. The Labute approximate surface area is 863 Å². The van der Waals surface area contributed by atoms with Crippen LogP contribution in [0.4, 0.5) is 11.4 Å². The average molecular weight is 2000 g/mol. The van der Waals surface area contributed by atoms with Gasteiger partial charge >= 0.3 is 23.9 Å². The average Bonchev–Trinajstić information content (AvgIpc) is 1.60. The Kier molecular flexibility index (Phi) is 49.1. The number of aliphatic imine (C=N–C) groups is 1. The highest BCUT2D eigenvalue weighted by molar-refractivity contribution is 6.06. The van der Waals surface area contributed by atoms with Crippen LogP contribution < -0.4 is 32.3 Å². The molecular weight excluding hydrogens is 1840 g/mol. The highest BCUT2D eigenvalue weighted by Gasteiger charge is 2.40. The molecule has 0 radical (unpaired) electrons. The maximum absolute atomic E-state index is 13.1. The third-order valence-electron chi connectivity index (χ3n) is 26.7. The SMILES string of the molecule is CCCCC(=O)CCCC(=O)Cc1ccc2c(c1)C(COC(=O)CC)C1=CC(NC(=O)CCCC(=O)NCCC)=CCC12.CCCCC(=O)c1cccc2c1-c1ccc(CC(=O)CCCC(N)=NCCC)cc1C2COC(=O)CC.CCCCC(=O)c1cccc2c1-c1ccc(CCCC(=O)NCCC)cc1C2COC(=O)CC.CCCOCC(=O)Nc1ccc2c(c1)C(COC(=O)CC)c1cc(NC(=O)CC)ccc1-2. The van der Waals surface area contributed by atoms with Crippen molar-refractivity contribution < 1.29 is 90.8 Å². The molecule has 5 amide bonds. The van der Waals surface area contributed by atoms with Crippen LogP contribution in [0.1, 0.15) is 387 Å². The number of aryl methyl sites for hydroxylation is 1. The second kappa shape index (κ2) is 61.5. The standard InChI is InChI=1S/C35H48N2O6.C31H40N2O4.C29H37NO4.C25H30N2O5/c1-4-7-10-26(38)11-8-12-27(39)20-24-15-17-28-29-18-16-25(37-34(41)14-9-13-33(40)36-19-5-2)22-31(29)32(30(28)21-24)23-43-35(42)6-3;1-4-7-13-28(35)25-12-9-11-23-27(20-37-30(36)6-3)26-19-21(15-16-24(26)31(23)25)18-22(34)10-8-14-29(32)33-17-5-2;1-4-7-13-26(31)23-12-9-11-21-25(19-34-28(33)6-3)24-18-20(15-16-22(24)29(21)23)10-8-14-27(32)30-17-5-2;1-4-11-31-15-24(29)27-17-8-10-19-18-9-7-16(26-23(28)5-2)12-20(18)22(21(19)13-17)14-32-25(30)6-3/h15-17,21-22,29,32H,4-14,18-20,23H2,1-3H3,(H,36,40)(H,37,41);9,11-12,15-16,19,27H,4-8,10,13-14,17-18,20H2,1-3H3,(H2,32,33);9,11-12,15-16,18,25H,4-8,10,13-14,17,19H2,1-3H3,(H,30,32);7-10,12-13,22H,4-6,11,14-15H2,1-3H3,(H,26,28)(H,27,29). The number of carbonyl (C=O) groups excluding carboxylic acids is 14. The molecule has 0 fully saturated rings. The van der Waals surface area contributed by atoms with Crippen molar-refractivity contribution in [2.75, 3.05) is 69.9 Å². The van der Waals surface area contributed by atoms with E-state index in [9.17, 15) is 67.1 Å². The van der Waals surface area contributed by atoms with Crippen molar-refractivity contribution in [1.29, 1.82) is 0 Å². The lowest BCUT2D eigenvalue weighted by Gasteiger charge is -2.22. The second-order valence-corrected chi connectivity index (χ2v) is 38.1. The lowest BCUT2D eigenvalue weighted by atomic mass is 9.87. The van der Waals surface area contributed by atoms with Gasteiger partial charge in [0.15, 0.2) is 11.6 Å². The first-order valence-electron chi connectivity index (χ1n) is 53.5. The van der Waals surface area contributed by atoms with Crippen LogP contribution in [0.25, 0.3) is 33.4 Å². The Morgan fingerprint density at radius 1 is 0.356 bits per heavy atom. The van der Waals surface area contributed by atoms with Crippen LogP contribution in [-0.2, 0) is 100 Å². The van der Waals surface area contributed by atoms with E-state index in [1.54, 1.807) is 34.6 Å². The highest BCUT2D eigenvalue weighted by Crippen LogP contribution is 2.53. The van der Waals surface area contributed by atoms with Gasteiger partial charge in [0, 0.05) is 193 Å². The molecule has 0 saturated heterocycles. The van der Waals surface area contributed by atoms with Crippen LogP contribution in [0.2, 0.25) is 0 Å². The Morgan fingerprint density at radius 2 is 0.788 bits per heavy atom. The minimum atomic E-state index is -0.270. The third-order valence-corrected chi connectivity index (χ3v) is 26.7. The number of ether oxygens (including phenoxy) is 5. The Balaban J connectivity index is 0.000000218. The van der Waals surface area contributed by atoms with E-state index in [-0.39, 0.29) is 158 Å². The number of nitrogens with one attached hydrogen (secondary N) is 5.